The van der Waals surface area contributed by atoms with E-state index in [1.165, 1.54) is 6.42 Å². The molecule has 2 aliphatic rings. The summed E-state index contributed by atoms with van der Waals surface area (Å²) in [5.74, 6) is 0.193. The van der Waals surface area contributed by atoms with Gasteiger partial charge in [0.15, 0.2) is 0 Å². The molecule has 0 aromatic rings. The van der Waals surface area contributed by atoms with Gasteiger partial charge in [0.2, 0.25) is 5.91 Å². The highest BCUT2D eigenvalue weighted by Gasteiger charge is 2.26. The van der Waals surface area contributed by atoms with Gasteiger partial charge < -0.3 is 10.0 Å². The summed E-state index contributed by atoms with van der Waals surface area (Å²) in [7, 11) is 0. The van der Waals surface area contributed by atoms with E-state index in [0.29, 0.717) is 0 Å². The van der Waals surface area contributed by atoms with Gasteiger partial charge in [0.05, 0.1) is 6.61 Å². The lowest BCUT2D eigenvalue weighted by Gasteiger charge is -2.27. The first-order valence-electron chi connectivity index (χ1n) is 5.56. The summed E-state index contributed by atoms with van der Waals surface area (Å²) >= 11 is 1.58. The Labute approximate surface area is 94.5 Å². The van der Waals surface area contributed by atoms with E-state index < -0.39 is 0 Å². The van der Waals surface area contributed by atoms with Crippen LogP contribution in [-0.4, -0.2) is 40.9 Å². The third-order valence-electron chi connectivity index (χ3n) is 2.97. The number of amides is 1. The summed E-state index contributed by atoms with van der Waals surface area (Å²) in [4.78, 5) is 14.0. The highest BCUT2D eigenvalue weighted by atomic mass is 32.2. The quantitative estimate of drug-likeness (QED) is 0.775. The molecule has 1 saturated heterocycles. The Balaban J connectivity index is 1.90. The number of carbonyl (C=O) groups is 1. The molecule has 2 rings (SSSR count). The molecule has 1 atom stereocenters. The van der Waals surface area contributed by atoms with Gasteiger partial charge in [-0.15, -0.1) is 11.8 Å². The molecular formula is C11H17NO2S. The van der Waals surface area contributed by atoms with E-state index >= 15 is 0 Å². The Morgan fingerprint density at radius 1 is 1.47 bits per heavy atom. The van der Waals surface area contributed by atoms with Crippen molar-refractivity contribution in [3.05, 3.63) is 11.0 Å². The molecule has 15 heavy (non-hydrogen) atoms. The third kappa shape index (κ3) is 2.55. The summed E-state index contributed by atoms with van der Waals surface area (Å²) in [6.45, 7) is 1.98. The maximum Gasteiger partial charge on any atom is 0.250 e. The SMILES string of the molecule is O=C(C1=CSC(CO)C1)N1CCCCC1. The monoisotopic (exact) mass is 227 g/mol. The predicted octanol–water partition coefficient (Wildman–Crippen LogP) is 1.38. The third-order valence-corrected chi connectivity index (χ3v) is 4.09. The fourth-order valence-corrected chi connectivity index (χ4v) is 2.98. The molecule has 1 amide bonds. The minimum absolute atomic E-state index is 0.165. The second-order valence-electron chi connectivity index (χ2n) is 4.14. The number of hydrogen-bond donors (Lipinski definition) is 1. The van der Waals surface area contributed by atoms with E-state index in [4.69, 9.17) is 5.11 Å². The van der Waals surface area contributed by atoms with Gasteiger partial charge in [-0.05, 0) is 31.1 Å². The van der Waals surface area contributed by atoms with Crippen LogP contribution in [0, 0.1) is 0 Å². The Morgan fingerprint density at radius 3 is 2.80 bits per heavy atom. The maximum atomic E-state index is 12.0. The molecule has 0 aromatic heterocycles. The summed E-state index contributed by atoms with van der Waals surface area (Å²) in [6.07, 6.45) is 4.25. The Hall–Kier alpha value is -0.480. The van der Waals surface area contributed by atoms with Crippen molar-refractivity contribution >= 4 is 17.7 Å². The molecule has 1 fully saturated rings. The first kappa shape index (κ1) is 11.0. The molecule has 1 unspecified atom stereocenters. The lowest BCUT2D eigenvalue weighted by atomic mass is 10.1. The van der Waals surface area contributed by atoms with Gasteiger partial charge in [-0.1, -0.05) is 0 Å². The molecule has 0 saturated carbocycles. The van der Waals surface area contributed by atoms with E-state index in [1.54, 1.807) is 11.8 Å². The van der Waals surface area contributed by atoms with Crippen LogP contribution in [0.3, 0.4) is 0 Å². The smallest absolute Gasteiger partial charge is 0.250 e. The zero-order valence-electron chi connectivity index (χ0n) is 8.82. The molecule has 1 N–H and O–H groups in total. The van der Waals surface area contributed by atoms with Gasteiger partial charge in [0.1, 0.15) is 0 Å². The van der Waals surface area contributed by atoms with Crippen LogP contribution in [0.25, 0.3) is 0 Å². The number of aliphatic hydroxyl groups excluding tert-OH is 1. The zero-order chi connectivity index (χ0) is 10.7. The van der Waals surface area contributed by atoms with Crippen molar-refractivity contribution < 1.29 is 9.90 Å². The maximum absolute atomic E-state index is 12.0. The van der Waals surface area contributed by atoms with Crippen LogP contribution in [0.15, 0.2) is 11.0 Å². The van der Waals surface area contributed by atoms with Crippen LogP contribution in [0.5, 0.6) is 0 Å². The van der Waals surface area contributed by atoms with Crippen molar-refractivity contribution in [3.63, 3.8) is 0 Å². The predicted molar refractivity (Wildman–Crippen MR) is 61.6 cm³/mol. The number of hydrogen-bond acceptors (Lipinski definition) is 3. The highest BCUT2D eigenvalue weighted by Crippen LogP contribution is 2.31. The first-order valence-corrected chi connectivity index (χ1v) is 6.50. The van der Waals surface area contributed by atoms with Crippen LogP contribution < -0.4 is 0 Å². The van der Waals surface area contributed by atoms with Crippen LogP contribution in [0.1, 0.15) is 25.7 Å². The Morgan fingerprint density at radius 2 is 2.20 bits per heavy atom. The van der Waals surface area contributed by atoms with Crippen molar-refractivity contribution in [2.45, 2.75) is 30.9 Å². The number of nitrogens with zero attached hydrogens (tertiary/aromatic N) is 1. The normalized spacial score (nSPS) is 26.6. The van der Waals surface area contributed by atoms with Gasteiger partial charge in [-0.3, -0.25) is 4.79 Å². The molecule has 2 aliphatic heterocycles. The average Bonchev–Trinajstić information content (AvgIpc) is 2.78. The topological polar surface area (TPSA) is 40.5 Å². The zero-order valence-corrected chi connectivity index (χ0v) is 9.63. The second-order valence-corrected chi connectivity index (χ2v) is 5.32. The molecule has 4 heteroatoms. The molecule has 0 bridgehead atoms. The molecule has 0 aromatic carbocycles. The number of piperidine rings is 1. The number of thioether (sulfide) groups is 1. The lowest BCUT2D eigenvalue weighted by molar-refractivity contribution is -0.128. The minimum atomic E-state index is 0.165. The second kappa shape index (κ2) is 5.03. The molecule has 84 valence electrons. The largest absolute Gasteiger partial charge is 0.395 e. The Kier molecular flexibility index (Phi) is 3.70. The summed E-state index contributed by atoms with van der Waals surface area (Å²) in [6, 6.07) is 0. The first-order chi connectivity index (χ1) is 7.31. The number of carbonyl (C=O) groups excluding carboxylic acids is 1. The standard InChI is InChI=1S/C11H17NO2S/c13-7-10-6-9(8-15-10)11(14)12-4-2-1-3-5-12/h8,10,13H,1-7H2. The summed E-state index contributed by atoms with van der Waals surface area (Å²) in [5, 5.41) is 11.1. The summed E-state index contributed by atoms with van der Waals surface area (Å²) < 4.78 is 0. The fraction of sp³-hybridized carbons (Fsp3) is 0.727. The van der Waals surface area contributed by atoms with Gasteiger partial charge in [-0.25, -0.2) is 0 Å². The van der Waals surface area contributed by atoms with E-state index in [-0.39, 0.29) is 17.8 Å². The lowest BCUT2D eigenvalue weighted by Crippen LogP contribution is -2.36. The van der Waals surface area contributed by atoms with Gasteiger partial charge in [0, 0.05) is 23.9 Å². The fourth-order valence-electron chi connectivity index (χ4n) is 2.07. The van der Waals surface area contributed by atoms with E-state index in [1.807, 2.05) is 10.3 Å². The average molecular weight is 227 g/mol. The number of rotatable bonds is 2. The Bertz CT molecular complexity index is 272. The van der Waals surface area contributed by atoms with E-state index in [2.05, 4.69) is 0 Å². The van der Waals surface area contributed by atoms with Crippen molar-refractivity contribution in [2.24, 2.45) is 0 Å². The van der Waals surface area contributed by atoms with Crippen molar-refractivity contribution in [3.8, 4) is 0 Å². The molecule has 0 aliphatic carbocycles. The van der Waals surface area contributed by atoms with Crippen LogP contribution in [0.4, 0.5) is 0 Å². The van der Waals surface area contributed by atoms with Gasteiger partial charge in [0.25, 0.3) is 0 Å². The van der Waals surface area contributed by atoms with E-state index in [0.717, 1.165) is 37.9 Å². The molecule has 0 radical (unpaired) electrons. The van der Waals surface area contributed by atoms with Crippen molar-refractivity contribution in [1.29, 1.82) is 0 Å². The van der Waals surface area contributed by atoms with Gasteiger partial charge in [-0.2, -0.15) is 0 Å². The highest BCUT2D eigenvalue weighted by molar-refractivity contribution is 8.03. The number of aliphatic hydroxyl groups is 1. The summed E-state index contributed by atoms with van der Waals surface area (Å²) in [5.41, 5.74) is 0.890. The van der Waals surface area contributed by atoms with E-state index in [9.17, 15) is 4.79 Å². The molecule has 0 spiro atoms. The van der Waals surface area contributed by atoms with Crippen molar-refractivity contribution in [2.75, 3.05) is 19.7 Å². The molecule has 3 nitrogen and oxygen atoms in total. The molecule has 2 heterocycles. The number of likely N-dealkylation sites (tertiary alicyclic amines) is 1. The van der Waals surface area contributed by atoms with Crippen LogP contribution in [-0.2, 0) is 4.79 Å². The van der Waals surface area contributed by atoms with Crippen molar-refractivity contribution in [1.82, 2.24) is 4.90 Å². The van der Waals surface area contributed by atoms with Gasteiger partial charge >= 0.3 is 0 Å². The minimum Gasteiger partial charge on any atom is -0.395 e. The van der Waals surface area contributed by atoms with Crippen LogP contribution in [0.2, 0.25) is 0 Å². The van der Waals surface area contributed by atoms with Crippen LogP contribution >= 0.6 is 11.8 Å². The molecular weight excluding hydrogens is 210 g/mol.